The normalized spacial score (nSPS) is 13.7. The Kier molecular flexibility index (Phi) is 7.21. The van der Waals surface area contributed by atoms with E-state index in [1.54, 1.807) is 19.2 Å². The van der Waals surface area contributed by atoms with Crippen LogP contribution in [0.3, 0.4) is 0 Å². The topological polar surface area (TPSA) is 101 Å². The Morgan fingerprint density at radius 1 is 1.09 bits per heavy atom. The fourth-order valence-electron chi connectivity index (χ4n) is 3.76. The number of hydrogen-bond acceptors (Lipinski definition) is 7. The molecule has 0 saturated carbocycles. The number of aromatic nitrogens is 1. The van der Waals surface area contributed by atoms with Crippen LogP contribution in [0.5, 0.6) is 0 Å². The third kappa shape index (κ3) is 5.32. The molecule has 1 aliphatic heterocycles. The molecule has 8 nitrogen and oxygen atoms in total. The number of hydrogen-bond donors (Lipinski definition) is 2. The van der Waals surface area contributed by atoms with Crippen molar-refractivity contribution in [3.05, 3.63) is 65.0 Å². The summed E-state index contributed by atoms with van der Waals surface area (Å²) in [5.41, 5.74) is 8.44. The molecule has 1 aliphatic rings. The lowest BCUT2D eigenvalue weighted by Gasteiger charge is -2.36. The molecule has 2 heterocycles. The molecule has 2 aromatic carbocycles. The SMILES string of the molecule is COCCNc1nc(-c2ccccc2)c(C(=O)N2CCN(c3cccc(C(N)=O)c3)CC2)s1. The molecule has 0 atom stereocenters. The van der Waals surface area contributed by atoms with Gasteiger partial charge >= 0.3 is 0 Å². The number of methoxy groups -OCH3 is 1. The van der Waals surface area contributed by atoms with Crippen molar-refractivity contribution in [2.75, 3.05) is 56.7 Å². The number of nitrogens with zero attached hydrogens (tertiary/aromatic N) is 3. The van der Waals surface area contributed by atoms with Gasteiger partial charge in [-0.25, -0.2) is 4.98 Å². The zero-order valence-corrected chi connectivity index (χ0v) is 19.3. The molecule has 0 unspecified atom stereocenters. The van der Waals surface area contributed by atoms with Crippen LogP contribution >= 0.6 is 11.3 Å². The highest BCUT2D eigenvalue weighted by molar-refractivity contribution is 7.18. The molecule has 172 valence electrons. The lowest BCUT2D eigenvalue weighted by Crippen LogP contribution is -2.48. The monoisotopic (exact) mass is 465 g/mol. The summed E-state index contributed by atoms with van der Waals surface area (Å²) in [6.07, 6.45) is 0. The van der Waals surface area contributed by atoms with E-state index < -0.39 is 5.91 Å². The van der Waals surface area contributed by atoms with E-state index in [4.69, 9.17) is 15.5 Å². The smallest absolute Gasteiger partial charge is 0.266 e. The standard InChI is InChI=1S/C24H27N5O3S/c1-32-15-10-26-24-27-20(17-6-3-2-4-7-17)21(33-24)23(31)29-13-11-28(12-14-29)19-9-5-8-18(16-19)22(25)30/h2-9,16H,10-15H2,1H3,(H2,25,30)(H,26,27). The molecule has 1 fully saturated rings. The van der Waals surface area contributed by atoms with Crippen molar-refractivity contribution in [2.45, 2.75) is 0 Å². The van der Waals surface area contributed by atoms with E-state index in [0.29, 0.717) is 60.6 Å². The Morgan fingerprint density at radius 2 is 1.85 bits per heavy atom. The molecular formula is C24H27N5O3S. The van der Waals surface area contributed by atoms with Gasteiger partial charge in [0.2, 0.25) is 5.91 Å². The number of nitrogens with one attached hydrogen (secondary N) is 1. The van der Waals surface area contributed by atoms with Gasteiger partial charge in [0, 0.05) is 56.6 Å². The van der Waals surface area contributed by atoms with Crippen LogP contribution < -0.4 is 16.0 Å². The average molecular weight is 466 g/mol. The molecule has 3 aromatic rings. The van der Waals surface area contributed by atoms with Gasteiger partial charge in [-0.15, -0.1) is 0 Å². The maximum absolute atomic E-state index is 13.5. The van der Waals surface area contributed by atoms with Gasteiger partial charge in [-0.2, -0.15) is 0 Å². The van der Waals surface area contributed by atoms with Crippen molar-refractivity contribution in [3.63, 3.8) is 0 Å². The quantitative estimate of drug-likeness (QED) is 0.496. The van der Waals surface area contributed by atoms with E-state index in [-0.39, 0.29) is 5.91 Å². The number of carbonyl (C=O) groups excluding carboxylic acids is 2. The minimum Gasteiger partial charge on any atom is -0.383 e. The number of anilines is 2. The van der Waals surface area contributed by atoms with Crippen LogP contribution in [0.15, 0.2) is 54.6 Å². The summed E-state index contributed by atoms with van der Waals surface area (Å²) in [6.45, 7) is 3.69. The summed E-state index contributed by atoms with van der Waals surface area (Å²) in [5, 5.41) is 3.95. The molecule has 33 heavy (non-hydrogen) atoms. The molecule has 4 rings (SSSR count). The summed E-state index contributed by atoms with van der Waals surface area (Å²) >= 11 is 1.37. The number of nitrogens with two attached hydrogens (primary N) is 1. The second-order valence-electron chi connectivity index (χ2n) is 7.68. The summed E-state index contributed by atoms with van der Waals surface area (Å²) < 4.78 is 5.10. The molecule has 0 radical (unpaired) electrons. The van der Waals surface area contributed by atoms with Crippen molar-refractivity contribution >= 4 is 34.0 Å². The average Bonchev–Trinajstić information content (AvgIpc) is 3.29. The minimum absolute atomic E-state index is 0.0170. The number of piperazine rings is 1. The fourth-order valence-corrected chi connectivity index (χ4v) is 4.74. The van der Waals surface area contributed by atoms with E-state index in [2.05, 4.69) is 10.2 Å². The van der Waals surface area contributed by atoms with Crippen molar-refractivity contribution < 1.29 is 14.3 Å². The zero-order chi connectivity index (χ0) is 23.2. The number of amides is 2. The number of ether oxygens (including phenoxy) is 1. The molecule has 2 amide bonds. The second-order valence-corrected chi connectivity index (χ2v) is 8.68. The molecule has 3 N–H and O–H groups in total. The Bertz CT molecular complexity index is 1110. The van der Waals surface area contributed by atoms with E-state index in [0.717, 1.165) is 11.3 Å². The van der Waals surface area contributed by atoms with Gasteiger partial charge in [-0.1, -0.05) is 47.7 Å². The van der Waals surface area contributed by atoms with Crippen LogP contribution in [0.25, 0.3) is 11.3 Å². The van der Waals surface area contributed by atoms with Crippen molar-refractivity contribution in [1.82, 2.24) is 9.88 Å². The summed E-state index contributed by atoms with van der Waals surface area (Å²) in [5.74, 6) is -0.462. The number of rotatable bonds is 8. The van der Waals surface area contributed by atoms with Gasteiger partial charge in [0.25, 0.3) is 5.91 Å². The summed E-state index contributed by atoms with van der Waals surface area (Å²) in [4.78, 5) is 34.4. The van der Waals surface area contributed by atoms with Gasteiger partial charge in [0.05, 0.1) is 12.3 Å². The molecule has 0 spiro atoms. The van der Waals surface area contributed by atoms with E-state index in [1.165, 1.54) is 11.3 Å². The summed E-state index contributed by atoms with van der Waals surface area (Å²) in [7, 11) is 1.65. The first-order valence-electron chi connectivity index (χ1n) is 10.8. The van der Waals surface area contributed by atoms with Crippen molar-refractivity contribution in [1.29, 1.82) is 0 Å². The van der Waals surface area contributed by atoms with E-state index in [9.17, 15) is 9.59 Å². The largest absolute Gasteiger partial charge is 0.383 e. The van der Waals surface area contributed by atoms with Crippen LogP contribution in [0.4, 0.5) is 10.8 Å². The molecule has 1 saturated heterocycles. The highest BCUT2D eigenvalue weighted by Gasteiger charge is 2.27. The second kappa shape index (κ2) is 10.5. The number of carbonyl (C=O) groups is 2. The van der Waals surface area contributed by atoms with Crippen LogP contribution in [0.1, 0.15) is 20.0 Å². The Labute approximate surface area is 197 Å². The summed E-state index contributed by atoms with van der Waals surface area (Å²) in [6, 6.07) is 17.1. The van der Waals surface area contributed by atoms with Gasteiger partial charge in [-0.05, 0) is 18.2 Å². The van der Waals surface area contributed by atoms with Gasteiger partial charge in [0.15, 0.2) is 5.13 Å². The van der Waals surface area contributed by atoms with Gasteiger partial charge in [-0.3, -0.25) is 9.59 Å². The lowest BCUT2D eigenvalue weighted by atomic mass is 10.1. The van der Waals surface area contributed by atoms with Gasteiger partial charge < -0.3 is 25.6 Å². The third-order valence-corrected chi connectivity index (χ3v) is 6.51. The highest BCUT2D eigenvalue weighted by Crippen LogP contribution is 2.32. The first-order valence-corrected chi connectivity index (χ1v) is 11.6. The predicted octanol–water partition coefficient (Wildman–Crippen LogP) is 2.93. The number of thiazole rings is 1. The van der Waals surface area contributed by atoms with Crippen molar-refractivity contribution in [2.24, 2.45) is 5.73 Å². The first-order chi connectivity index (χ1) is 16.1. The van der Waals surface area contributed by atoms with Crippen LogP contribution in [-0.2, 0) is 4.74 Å². The number of primary amides is 1. The third-order valence-electron chi connectivity index (χ3n) is 5.51. The maximum Gasteiger partial charge on any atom is 0.266 e. The van der Waals surface area contributed by atoms with Crippen molar-refractivity contribution in [3.8, 4) is 11.3 Å². The Balaban J connectivity index is 1.50. The van der Waals surface area contributed by atoms with Crippen LogP contribution in [-0.4, -0.2) is 68.1 Å². The lowest BCUT2D eigenvalue weighted by molar-refractivity contribution is 0.0752. The Morgan fingerprint density at radius 3 is 2.55 bits per heavy atom. The highest BCUT2D eigenvalue weighted by atomic mass is 32.1. The maximum atomic E-state index is 13.5. The predicted molar refractivity (Wildman–Crippen MR) is 131 cm³/mol. The molecular weight excluding hydrogens is 438 g/mol. The first kappa shape index (κ1) is 22.8. The minimum atomic E-state index is -0.445. The fraction of sp³-hybridized carbons (Fsp3) is 0.292. The Hall–Kier alpha value is -3.43. The van der Waals surface area contributed by atoms with E-state index in [1.807, 2.05) is 47.4 Å². The molecule has 0 bridgehead atoms. The molecule has 1 aromatic heterocycles. The van der Waals surface area contributed by atoms with E-state index >= 15 is 0 Å². The number of benzene rings is 2. The van der Waals surface area contributed by atoms with Crippen LogP contribution in [0.2, 0.25) is 0 Å². The molecule has 9 heteroatoms. The van der Waals surface area contributed by atoms with Crippen LogP contribution in [0, 0.1) is 0 Å². The molecule has 0 aliphatic carbocycles. The zero-order valence-electron chi connectivity index (χ0n) is 18.5. The van der Waals surface area contributed by atoms with Gasteiger partial charge in [0.1, 0.15) is 4.88 Å².